The molecule has 21 heavy (non-hydrogen) atoms. The average Bonchev–Trinajstić information content (AvgIpc) is 2.71. The number of rotatable bonds is 2. The van der Waals surface area contributed by atoms with E-state index in [1.165, 1.54) is 0 Å². The molecule has 1 atom stereocenters. The van der Waals surface area contributed by atoms with Crippen LogP contribution in [0.5, 0.6) is 0 Å². The van der Waals surface area contributed by atoms with Gasteiger partial charge >= 0.3 is 0 Å². The van der Waals surface area contributed by atoms with Crippen LogP contribution in [0.15, 0.2) is 0 Å². The normalized spacial score (nSPS) is 21.5. The Morgan fingerprint density at radius 3 is 2.38 bits per heavy atom. The summed E-state index contributed by atoms with van der Waals surface area (Å²) >= 11 is 6.24. The fourth-order valence-electron chi connectivity index (χ4n) is 2.41. The second-order valence-corrected chi connectivity index (χ2v) is 9.29. The van der Waals surface area contributed by atoms with E-state index in [1.807, 2.05) is 39.6 Å². The zero-order valence-corrected chi connectivity index (χ0v) is 14.7. The summed E-state index contributed by atoms with van der Waals surface area (Å²) in [7, 11) is -1.05. The Morgan fingerprint density at radius 1 is 1.29 bits per heavy atom. The molecule has 0 bridgehead atoms. The smallest absolute Gasteiger partial charge is 0.152 e. The number of aromatic nitrogens is 2. The van der Waals surface area contributed by atoms with Crippen LogP contribution in [0.3, 0.4) is 0 Å². The Kier molecular flexibility index (Phi) is 4.23. The summed E-state index contributed by atoms with van der Waals surface area (Å²) in [6, 6.07) is -0.0486. The molecule has 2 rings (SSSR count). The SMILES string of the molecule is Cc1c(Cl)nc(C(C)(C)C)nc1N(C)C1CCS(=O)(=O)C1. The lowest BCUT2D eigenvalue weighted by atomic mass is 9.95. The number of anilines is 1. The highest BCUT2D eigenvalue weighted by Crippen LogP contribution is 2.30. The largest absolute Gasteiger partial charge is 0.355 e. The molecule has 0 saturated carbocycles. The molecule has 7 heteroatoms. The first-order valence-corrected chi connectivity index (χ1v) is 9.19. The van der Waals surface area contributed by atoms with Crippen LogP contribution in [0.1, 0.15) is 38.6 Å². The molecule has 1 saturated heterocycles. The van der Waals surface area contributed by atoms with Crippen molar-refractivity contribution in [3.63, 3.8) is 0 Å². The topological polar surface area (TPSA) is 63.2 Å². The molecule has 1 aliphatic heterocycles. The van der Waals surface area contributed by atoms with Crippen LogP contribution in [-0.4, -0.2) is 43.0 Å². The molecule has 1 aromatic rings. The summed E-state index contributed by atoms with van der Waals surface area (Å²) in [5.74, 6) is 1.81. The van der Waals surface area contributed by atoms with Gasteiger partial charge in [0.25, 0.3) is 0 Å². The van der Waals surface area contributed by atoms with Crippen molar-refractivity contribution >= 4 is 27.3 Å². The maximum absolute atomic E-state index is 11.7. The molecule has 0 radical (unpaired) electrons. The molecule has 1 unspecified atom stereocenters. The zero-order chi connectivity index (χ0) is 16.0. The first kappa shape index (κ1) is 16.5. The van der Waals surface area contributed by atoms with Gasteiger partial charge in [-0.15, -0.1) is 0 Å². The summed E-state index contributed by atoms with van der Waals surface area (Å²) < 4.78 is 23.3. The molecule has 2 heterocycles. The van der Waals surface area contributed by atoms with Gasteiger partial charge < -0.3 is 4.90 Å². The average molecular weight is 332 g/mol. The molecule has 118 valence electrons. The van der Waals surface area contributed by atoms with E-state index in [1.54, 1.807) is 0 Å². The van der Waals surface area contributed by atoms with Crippen molar-refractivity contribution in [3.8, 4) is 0 Å². The van der Waals surface area contributed by atoms with Crippen LogP contribution in [0.25, 0.3) is 0 Å². The number of hydrogen-bond donors (Lipinski definition) is 0. The van der Waals surface area contributed by atoms with E-state index in [0.717, 1.165) is 11.4 Å². The highest BCUT2D eigenvalue weighted by Gasteiger charge is 2.32. The maximum Gasteiger partial charge on any atom is 0.152 e. The molecular formula is C14H22ClN3O2S. The van der Waals surface area contributed by atoms with E-state index >= 15 is 0 Å². The second kappa shape index (κ2) is 5.39. The molecule has 5 nitrogen and oxygen atoms in total. The number of nitrogens with zero attached hydrogens (tertiary/aromatic N) is 3. The maximum atomic E-state index is 11.7. The van der Waals surface area contributed by atoms with Gasteiger partial charge in [-0.05, 0) is 13.3 Å². The van der Waals surface area contributed by atoms with Crippen molar-refractivity contribution in [1.29, 1.82) is 0 Å². The fraction of sp³-hybridized carbons (Fsp3) is 0.714. The fourth-order valence-corrected chi connectivity index (χ4v) is 4.35. The molecule has 1 aliphatic rings. The third-order valence-corrected chi connectivity index (χ3v) is 5.94. The van der Waals surface area contributed by atoms with Gasteiger partial charge in [-0.2, -0.15) is 0 Å². The standard InChI is InChI=1S/C14H22ClN3O2S/c1-9-11(15)16-13(14(2,3)4)17-12(9)18(5)10-6-7-21(19,20)8-10/h10H,6-8H2,1-5H3. The monoisotopic (exact) mass is 331 g/mol. The lowest BCUT2D eigenvalue weighted by molar-refractivity contribution is 0.541. The lowest BCUT2D eigenvalue weighted by Crippen LogP contribution is -2.34. The Balaban J connectivity index is 2.41. The van der Waals surface area contributed by atoms with Crippen molar-refractivity contribution in [1.82, 2.24) is 9.97 Å². The summed E-state index contributed by atoms with van der Waals surface area (Å²) in [5, 5.41) is 0.428. The van der Waals surface area contributed by atoms with Gasteiger partial charge in [-0.1, -0.05) is 32.4 Å². The summed E-state index contributed by atoms with van der Waals surface area (Å²) in [6.07, 6.45) is 0.630. The van der Waals surface area contributed by atoms with E-state index < -0.39 is 9.84 Å². The zero-order valence-electron chi connectivity index (χ0n) is 13.1. The van der Waals surface area contributed by atoms with Crippen LogP contribution >= 0.6 is 11.6 Å². The quantitative estimate of drug-likeness (QED) is 0.778. The van der Waals surface area contributed by atoms with E-state index in [9.17, 15) is 8.42 Å². The van der Waals surface area contributed by atoms with Crippen molar-refractivity contribution in [3.05, 3.63) is 16.5 Å². The van der Waals surface area contributed by atoms with E-state index in [0.29, 0.717) is 17.4 Å². The predicted octanol–water partition coefficient (Wildman–Crippen LogP) is 2.36. The van der Waals surface area contributed by atoms with Gasteiger partial charge in [0.05, 0.1) is 11.5 Å². The minimum absolute atomic E-state index is 0.0486. The summed E-state index contributed by atoms with van der Waals surface area (Å²) in [4.78, 5) is 10.9. The van der Waals surface area contributed by atoms with Gasteiger partial charge in [0.2, 0.25) is 0 Å². The van der Waals surface area contributed by atoms with E-state index in [4.69, 9.17) is 11.6 Å². The number of sulfone groups is 1. The van der Waals surface area contributed by atoms with Crippen LogP contribution in [0.2, 0.25) is 5.15 Å². The molecule has 1 fully saturated rings. The molecule has 0 amide bonds. The molecule has 0 aromatic carbocycles. The Hall–Kier alpha value is -0.880. The molecule has 1 aromatic heterocycles. The van der Waals surface area contributed by atoms with Crippen LogP contribution in [0.4, 0.5) is 5.82 Å². The van der Waals surface area contributed by atoms with Crippen LogP contribution < -0.4 is 4.90 Å². The Labute approximate surface area is 131 Å². The van der Waals surface area contributed by atoms with Crippen molar-refractivity contribution in [2.45, 2.75) is 45.6 Å². The minimum atomic E-state index is -2.93. The van der Waals surface area contributed by atoms with Gasteiger partial charge in [0.15, 0.2) is 9.84 Å². The van der Waals surface area contributed by atoms with Crippen molar-refractivity contribution in [2.24, 2.45) is 0 Å². The molecule has 0 aliphatic carbocycles. The van der Waals surface area contributed by atoms with E-state index in [2.05, 4.69) is 9.97 Å². The first-order valence-electron chi connectivity index (χ1n) is 6.99. The second-order valence-electron chi connectivity index (χ2n) is 6.70. The highest BCUT2D eigenvalue weighted by atomic mass is 35.5. The van der Waals surface area contributed by atoms with Crippen molar-refractivity contribution in [2.75, 3.05) is 23.5 Å². The predicted molar refractivity (Wildman–Crippen MR) is 85.9 cm³/mol. The highest BCUT2D eigenvalue weighted by molar-refractivity contribution is 7.91. The number of hydrogen-bond acceptors (Lipinski definition) is 5. The van der Waals surface area contributed by atoms with Gasteiger partial charge in [-0.25, -0.2) is 18.4 Å². The first-order chi connectivity index (χ1) is 9.51. The van der Waals surface area contributed by atoms with Gasteiger partial charge in [0, 0.05) is 24.1 Å². The Bertz CT molecular complexity index is 653. The molecular weight excluding hydrogens is 310 g/mol. The third kappa shape index (κ3) is 3.48. The minimum Gasteiger partial charge on any atom is -0.355 e. The molecule has 0 spiro atoms. The van der Waals surface area contributed by atoms with Crippen LogP contribution in [-0.2, 0) is 15.3 Å². The summed E-state index contributed by atoms with van der Waals surface area (Å²) in [5.41, 5.74) is 0.575. The number of halogens is 1. The summed E-state index contributed by atoms with van der Waals surface area (Å²) in [6.45, 7) is 7.94. The van der Waals surface area contributed by atoms with Crippen LogP contribution in [0, 0.1) is 6.92 Å². The lowest BCUT2D eigenvalue weighted by Gasteiger charge is -2.28. The van der Waals surface area contributed by atoms with Gasteiger partial charge in [0.1, 0.15) is 16.8 Å². The third-order valence-electron chi connectivity index (χ3n) is 3.82. The molecule has 0 N–H and O–H groups in total. The Morgan fingerprint density at radius 2 is 1.90 bits per heavy atom. The van der Waals surface area contributed by atoms with Gasteiger partial charge in [-0.3, -0.25) is 0 Å². The van der Waals surface area contributed by atoms with Crippen molar-refractivity contribution < 1.29 is 8.42 Å². The van der Waals surface area contributed by atoms with E-state index in [-0.39, 0.29) is 23.0 Å².